The van der Waals surface area contributed by atoms with Crippen molar-refractivity contribution in [3.63, 3.8) is 0 Å². The summed E-state index contributed by atoms with van der Waals surface area (Å²) in [4.78, 5) is 22.3. The molecule has 23 heavy (non-hydrogen) atoms. The van der Waals surface area contributed by atoms with Crippen LogP contribution in [-0.4, -0.2) is 62.6 Å². The zero-order chi connectivity index (χ0) is 16.6. The van der Waals surface area contributed by atoms with Crippen LogP contribution in [-0.2, 0) is 6.54 Å². The molecule has 3 rings (SSSR count). The zero-order valence-electron chi connectivity index (χ0n) is 13.9. The summed E-state index contributed by atoms with van der Waals surface area (Å²) in [5, 5.41) is 11.5. The van der Waals surface area contributed by atoms with Crippen LogP contribution in [0.1, 0.15) is 25.2 Å². The largest absolute Gasteiger partial charge is 0.392 e. The van der Waals surface area contributed by atoms with E-state index >= 15 is 0 Å². The summed E-state index contributed by atoms with van der Waals surface area (Å²) in [6, 6.07) is 2.05. The lowest BCUT2D eigenvalue weighted by Gasteiger charge is -2.40. The predicted octanol–water partition coefficient (Wildman–Crippen LogP) is 0.951. The van der Waals surface area contributed by atoms with Crippen molar-refractivity contribution < 1.29 is 5.11 Å². The third-order valence-electron chi connectivity index (χ3n) is 4.36. The van der Waals surface area contributed by atoms with E-state index in [1.807, 2.05) is 19.2 Å². The molecule has 0 aliphatic carbocycles. The van der Waals surface area contributed by atoms with Gasteiger partial charge in [0.1, 0.15) is 0 Å². The fourth-order valence-electron chi connectivity index (χ4n) is 3.24. The van der Waals surface area contributed by atoms with Gasteiger partial charge in [0, 0.05) is 55.9 Å². The zero-order valence-corrected chi connectivity index (χ0v) is 14.7. The molecule has 0 spiro atoms. The van der Waals surface area contributed by atoms with Crippen molar-refractivity contribution in [2.75, 3.05) is 26.2 Å². The van der Waals surface area contributed by atoms with Crippen LogP contribution in [0.4, 0.5) is 0 Å². The normalized spacial score (nSPS) is 21.8. The molecule has 0 amide bonds. The number of aryl methyl sites for hydroxylation is 1. The van der Waals surface area contributed by atoms with E-state index in [2.05, 4.69) is 21.7 Å². The molecule has 2 atom stereocenters. The minimum Gasteiger partial charge on any atom is -0.392 e. The van der Waals surface area contributed by atoms with Crippen LogP contribution in [0.15, 0.2) is 16.2 Å². The molecular weight excluding hydrogens is 312 g/mol. The van der Waals surface area contributed by atoms with E-state index in [0.29, 0.717) is 12.6 Å². The van der Waals surface area contributed by atoms with E-state index in [9.17, 15) is 9.90 Å². The lowest BCUT2D eigenvalue weighted by molar-refractivity contribution is 0.0418. The van der Waals surface area contributed by atoms with Gasteiger partial charge >= 0.3 is 0 Å². The molecule has 0 radical (unpaired) electrons. The average Bonchev–Trinajstić information content (AvgIpc) is 2.83. The maximum atomic E-state index is 12.2. The predicted molar refractivity (Wildman–Crippen MR) is 92.1 cm³/mol. The lowest BCUT2D eigenvalue weighted by atomic mass is 10.1. The Labute approximate surface area is 140 Å². The molecule has 0 bridgehead atoms. The van der Waals surface area contributed by atoms with Gasteiger partial charge in [0.15, 0.2) is 4.96 Å². The molecule has 1 saturated heterocycles. The van der Waals surface area contributed by atoms with Crippen LogP contribution >= 0.6 is 11.3 Å². The SMILES string of the molecule is Cc1csc2nc(CN3CCN(C[C@@H](C)O)[C@@H](C)C3)cc(=O)n12. The third kappa shape index (κ3) is 3.63. The van der Waals surface area contributed by atoms with Crippen LogP contribution in [0.25, 0.3) is 4.96 Å². The first kappa shape index (κ1) is 16.6. The van der Waals surface area contributed by atoms with Gasteiger partial charge in [-0.3, -0.25) is 19.0 Å². The quantitative estimate of drug-likeness (QED) is 0.901. The van der Waals surface area contributed by atoms with Gasteiger partial charge in [0.25, 0.3) is 5.56 Å². The molecule has 0 unspecified atom stereocenters. The first-order valence-electron chi connectivity index (χ1n) is 8.05. The standard InChI is InChI=1S/C16H24N4O2S/c1-11-7-18(4-5-19(11)8-13(3)21)9-14-6-15(22)20-12(2)10-23-16(20)17-14/h6,10-11,13,21H,4-5,7-9H2,1-3H3/t11-,13+/m0/s1. The summed E-state index contributed by atoms with van der Waals surface area (Å²) in [5.41, 5.74) is 1.78. The van der Waals surface area contributed by atoms with Crippen LogP contribution in [0.2, 0.25) is 0 Å². The summed E-state index contributed by atoms with van der Waals surface area (Å²) < 4.78 is 1.66. The Morgan fingerprint density at radius 3 is 2.96 bits per heavy atom. The van der Waals surface area contributed by atoms with Gasteiger partial charge in [0.2, 0.25) is 0 Å². The molecule has 0 aromatic carbocycles. The first-order valence-corrected chi connectivity index (χ1v) is 8.93. The second-order valence-electron chi connectivity index (χ2n) is 6.51. The van der Waals surface area contributed by atoms with Crippen LogP contribution in [0.5, 0.6) is 0 Å². The Bertz CT molecular complexity index is 739. The number of aromatic nitrogens is 2. The number of β-amino-alcohol motifs (C(OH)–C–C–N with tert-alkyl or cyclic N) is 1. The highest BCUT2D eigenvalue weighted by atomic mass is 32.1. The van der Waals surface area contributed by atoms with Gasteiger partial charge in [-0.1, -0.05) is 0 Å². The number of hydrogen-bond donors (Lipinski definition) is 1. The Morgan fingerprint density at radius 1 is 1.48 bits per heavy atom. The summed E-state index contributed by atoms with van der Waals surface area (Å²) in [6.45, 7) is 10.2. The molecule has 2 aromatic heterocycles. The van der Waals surface area contributed by atoms with Gasteiger partial charge < -0.3 is 5.11 Å². The molecule has 1 N–H and O–H groups in total. The second kappa shape index (κ2) is 6.68. The van der Waals surface area contributed by atoms with E-state index in [0.717, 1.165) is 42.5 Å². The average molecular weight is 336 g/mol. The van der Waals surface area contributed by atoms with E-state index in [1.165, 1.54) is 11.3 Å². The third-order valence-corrected chi connectivity index (χ3v) is 5.31. The monoisotopic (exact) mass is 336 g/mol. The minimum absolute atomic E-state index is 0.00420. The Balaban J connectivity index is 1.70. The second-order valence-corrected chi connectivity index (χ2v) is 7.35. The number of thiazole rings is 1. The molecule has 1 fully saturated rings. The van der Waals surface area contributed by atoms with Crippen LogP contribution < -0.4 is 5.56 Å². The molecule has 7 heteroatoms. The van der Waals surface area contributed by atoms with Crippen LogP contribution in [0.3, 0.4) is 0 Å². The van der Waals surface area contributed by atoms with Crippen molar-refractivity contribution in [2.24, 2.45) is 0 Å². The molecule has 1 aliphatic heterocycles. The number of rotatable bonds is 4. The van der Waals surface area contributed by atoms with Crippen molar-refractivity contribution in [2.45, 2.75) is 39.5 Å². The molecule has 3 heterocycles. The van der Waals surface area contributed by atoms with E-state index in [4.69, 9.17) is 0 Å². The summed E-state index contributed by atoms with van der Waals surface area (Å²) >= 11 is 1.51. The fraction of sp³-hybridized carbons (Fsp3) is 0.625. The van der Waals surface area contributed by atoms with Crippen molar-refractivity contribution in [1.29, 1.82) is 0 Å². The highest BCUT2D eigenvalue weighted by Crippen LogP contribution is 2.15. The number of aliphatic hydroxyl groups excluding tert-OH is 1. The number of aliphatic hydroxyl groups is 1. The van der Waals surface area contributed by atoms with Crippen molar-refractivity contribution in [3.05, 3.63) is 33.2 Å². The molecule has 6 nitrogen and oxygen atoms in total. The molecule has 1 aliphatic rings. The van der Waals surface area contributed by atoms with Gasteiger partial charge in [-0.25, -0.2) is 4.98 Å². The lowest BCUT2D eigenvalue weighted by Crippen LogP contribution is -2.53. The maximum absolute atomic E-state index is 12.2. The van der Waals surface area contributed by atoms with Crippen molar-refractivity contribution in [1.82, 2.24) is 19.2 Å². The van der Waals surface area contributed by atoms with Crippen LogP contribution in [0, 0.1) is 6.92 Å². The fourth-order valence-corrected chi connectivity index (χ4v) is 4.13. The number of piperazine rings is 1. The first-order chi connectivity index (χ1) is 10.9. The van der Waals surface area contributed by atoms with Gasteiger partial charge in [-0.05, 0) is 20.8 Å². The topological polar surface area (TPSA) is 61.1 Å². The Kier molecular flexibility index (Phi) is 4.82. The summed E-state index contributed by atoms with van der Waals surface area (Å²) in [7, 11) is 0. The van der Waals surface area contributed by atoms with E-state index in [-0.39, 0.29) is 11.7 Å². The van der Waals surface area contributed by atoms with E-state index in [1.54, 1.807) is 10.5 Å². The van der Waals surface area contributed by atoms with Crippen molar-refractivity contribution >= 4 is 16.3 Å². The highest BCUT2D eigenvalue weighted by Gasteiger charge is 2.24. The number of hydrogen-bond acceptors (Lipinski definition) is 6. The highest BCUT2D eigenvalue weighted by molar-refractivity contribution is 7.15. The number of fused-ring (bicyclic) bond motifs is 1. The minimum atomic E-state index is -0.296. The maximum Gasteiger partial charge on any atom is 0.259 e. The molecule has 0 saturated carbocycles. The van der Waals surface area contributed by atoms with Gasteiger partial charge in [0.05, 0.1) is 11.8 Å². The summed E-state index contributed by atoms with van der Waals surface area (Å²) in [6.07, 6.45) is -0.296. The Morgan fingerprint density at radius 2 is 2.26 bits per heavy atom. The Hall–Kier alpha value is -1.28. The molecular formula is C16H24N4O2S. The molecule has 2 aromatic rings. The van der Waals surface area contributed by atoms with Crippen molar-refractivity contribution in [3.8, 4) is 0 Å². The van der Waals surface area contributed by atoms with Gasteiger partial charge in [-0.2, -0.15) is 0 Å². The van der Waals surface area contributed by atoms with Gasteiger partial charge in [-0.15, -0.1) is 11.3 Å². The van der Waals surface area contributed by atoms with E-state index < -0.39 is 0 Å². The smallest absolute Gasteiger partial charge is 0.259 e. The number of nitrogens with zero attached hydrogens (tertiary/aromatic N) is 4. The summed E-state index contributed by atoms with van der Waals surface area (Å²) in [5.74, 6) is 0. The molecule has 126 valence electrons.